The van der Waals surface area contributed by atoms with Gasteiger partial charge in [0.15, 0.2) is 0 Å². The minimum absolute atomic E-state index is 0.0563. The number of amides is 2. The number of methoxy groups -OCH3 is 2. The molecule has 3 fully saturated rings. The van der Waals surface area contributed by atoms with Gasteiger partial charge >= 0.3 is 6.09 Å². The monoisotopic (exact) mass is 705 g/mol. The largest absolute Gasteiger partial charge is 0.496 e. The maximum atomic E-state index is 15.1. The van der Waals surface area contributed by atoms with Crippen LogP contribution in [0.25, 0.3) is 31.7 Å². The Morgan fingerprint density at radius 2 is 1.82 bits per heavy atom. The van der Waals surface area contributed by atoms with Crippen molar-refractivity contribution in [3.63, 3.8) is 0 Å². The molecule has 2 atom stereocenters. The van der Waals surface area contributed by atoms with Crippen LogP contribution in [-0.4, -0.2) is 101 Å². The van der Waals surface area contributed by atoms with Crippen LogP contribution in [0, 0.1) is 12.8 Å². The van der Waals surface area contributed by atoms with E-state index in [2.05, 4.69) is 34.6 Å². The molecule has 50 heavy (non-hydrogen) atoms. The van der Waals surface area contributed by atoms with Crippen molar-refractivity contribution < 1.29 is 28.6 Å². The van der Waals surface area contributed by atoms with Gasteiger partial charge in [-0.05, 0) is 95.2 Å². The number of halogens is 1. The molecule has 0 bridgehead atoms. The Labute approximate surface area is 296 Å². The molecule has 268 valence electrons. The van der Waals surface area contributed by atoms with E-state index in [0.29, 0.717) is 23.3 Å². The highest BCUT2D eigenvalue weighted by molar-refractivity contribution is 7.22. The Bertz CT molecular complexity index is 1920. The van der Waals surface area contributed by atoms with Gasteiger partial charge in [0.25, 0.3) is 5.91 Å². The fraction of sp³-hybridized carbons (Fsp3) is 0.553. The summed E-state index contributed by atoms with van der Waals surface area (Å²) in [5, 5.41) is 12.0. The highest BCUT2D eigenvalue weighted by atomic mass is 32.1. The molecule has 0 radical (unpaired) electrons. The summed E-state index contributed by atoms with van der Waals surface area (Å²) in [5.41, 5.74) is 2.83. The van der Waals surface area contributed by atoms with Crippen LogP contribution in [0.3, 0.4) is 0 Å². The lowest BCUT2D eigenvalue weighted by molar-refractivity contribution is 0.0126. The lowest BCUT2D eigenvalue weighted by Crippen LogP contribution is -2.59. The van der Waals surface area contributed by atoms with Crippen molar-refractivity contribution in [2.24, 2.45) is 5.92 Å². The number of aromatic nitrogens is 2. The Morgan fingerprint density at radius 3 is 2.46 bits per heavy atom. The Morgan fingerprint density at radius 1 is 1.08 bits per heavy atom. The van der Waals surface area contributed by atoms with Gasteiger partial charge in [0.05, 0.1) is 36.4 Å². The van der Waals surface area contributed by atoms with Gasteiger partial charge in [0.1, 0.15) is 23.4 Å². The molecule has 2 saturated heterocycles. The van der Waals surface area contributed by atoms with E-state index in [4.69, 9.17) is 14.5 Å². The number of carboxylic acid groups (broad SMARTS) is 1. The number of aryl methyl sites for hydroxylation is 1. The number of likely N-dealkylation sites (tertiary alicyclic amines) is 1. The maximum Gasteiger partial charge on any atom is 0.408 e. The van der Waals surface area contributed by atoms with Crippen molar-refractivity contribution in [3.05, 3.63) is 41.5 Å². The third-order valence-electron chi connectivity index (χ3n) is 10.6. The van der Waals surface area contributed by atoms with Crippen molar-refractivity contribution >= 4 is 50.3 Å². The Hall–Kier alpha value is -3.90. The number of piperidine rings is 2. The molecular weight excluding hydrogens is 658 g/mol. The lowest BCUT2D eigenvalue weighted by atomic mass is 9.96. The van der Waals surface area contributed by atoms with Crippen LogP contribution in [0.5, 0.6) is 5.75 Å². The first-order valence-electron chi connectivity index (χ1n) is 17.7. The predicted octanol–water partition coefficient (Wildman–Crippen LogP) is 7.59. The zero-order valence-electron chi connectivity index (χ0n) is 29.9. The first-order chi connectivity index (χ1) is 23.9. The number of hydrogen-bond acceptors (Lipinski definition) is 7. The van der Waals surface area contributed by atoms with Gasteiger partial charge in [-0.1, -0.05) is 0 Å². The van der Waals surface area contributed by atoms with Crippen molar-refractivity contribution in [1.82, 2.24) is 19.4 Å². The van der Waals surface area contributed by atoms with Crippen LogP contribution in [0.1, 0.15) is 68.8 Å². The molecule has 10 nitrogen and oxygen atoms in total. The van der Waals surface area contributed by atoms with Gasteiger partial charge in [0, 0.05) is 66.3 Å². The van der Waals surface area contributed by atoms with Gasteiger partial charge in [-0.2, -0.15) is 0 Å². The average molecular weight is 706 g/mol. The number of hydrogen-bond donors (Lipinski definition) is 1. The van der Waals surface area contributed by atoms with Crippen LogP contribution in [-0.2, 0) is 11.3 Å². The van der Waals surface area contributed by atoms with E-state index in [9.17, 15) is 14.7 Å². The quantitative estimate of drug-likeness (QED) is 0.202. The number of carbonyl (C=O) groups is 2. The third-order valence-corrected chi connectivity index (χ3v) is 11.9. The molecule has 4 aromatic rings. The van der Waals surface area contributed by atoms with E-state index >= 15 is 4.39 Å². The standard InChI is InChI=1S/C38H48FN5O5S/c1-22-33-30(49-6)16-25(36(45)42-20-26(39)18-27(21-42)44(37(46)47)38(2,3)4)17-31(33)50-34(22)29-15-24-9-10-32(41-13-11-28(48-5)12-14-41)40-35(24)43(29)19-23-7-8-23/h9-10,15-17,23,26-28H,7-8,11-14,18-21H2,1-6H3,(H,46,47)/t26-,27-/m1/s1. The number of benzene rings is 1. The second-order valence-corrected chi connectivity index (χ2v) is 16.3. The smallest absolute Gasteiger partial charge is 0.408 e. The zero-order valence-corrected chi connectivity index (χ0v) is 30.7. The molecule has 2 aliphatic heterocycles. The summed E-state index contributed by atoms with van der Waals surface area (Å²) in [7, 11) is 3.39. The third kappa shape index (κ3) is 6.52. The van der Waals surface area contributed by atoms with Crippen molar-refractivity contribution in [2.45, 2.75) is 90.2 Å². The summed E-state index contributed by atoms with van der Waals surface area (Å²) in [5.74, 6) is 1.88. The number of anilines is 1. The minimum Gasteiger partial charge on any atom is -0.496 e. The predicted molar refractivity (Wildman–Crippen MR) is 196 cm³/mol. The van der Waals surface area contributed by atoms with Crippen LogP contribution in [0.2, 0.25) is 0 Å². The second kappa shape index (κ2) is 13.3. The molecule has 2 amide bonds. The molecule has 1 N–H and O–H groups in total. The van der Waals surface area contributed by atoms with E-state index in [1.165, 1.54) is 22.6 Å². The molecule has 0 spiro atoms. The first-order valence-corrected chi connectivity index (χ1v) is 18.5. The first kappa shape index (κ1) is 34.5. The lowest BCUT2D eigenvalue weighted by Gasteiger charge is -2.45. The summed E-state index contributed by atoms with van der Waals surface area (Å²) in [6, 6.07) is 9.52. The molecule has 1 saturated carbocycles. The summed E-state index contributed by atoms with van der Waals surface area (Å²) in [6.45, 7) is 10.2. The van der Waals surface area contributed by atoms with E-state index in [1.807, 2.05) is 6.07 Å². The Kier molecular flexibility index (Phi) is 9.21. The van der Waals surface area contributed by atoms with Crippen LogP contribution in [0.15, 0.2) is 30.3 Å². The highest BCUT2D eigenvalue weighted by Gasteiger charge is 2.40. The van der Waals surface area contributed by atoms with Gasteiger partial charge in [-0.15, -0.1) is 11.3 Å². The average Bonchev–Trinajstić information content (AvgIpc) is 3.75. The number of alkyl halides is 1. The topological polar surface area (TPSA) is 100 Å². The fourth-order valence-electron chi connectivity index (χ4n) is 7.95. The number of ether oxygens (including phenoxy) is 2. The summed E-state index contributed by atoms with van der Waals surface area (Å²) < 4.78 is 29.9. The number of thiophene rings is 1. The van der Waals surface area contributed by atoms with Crippen molar-refractivity contribution in [2.75, 3.05) is 45.3 Å². The number of nitrogens with zero attached hydrogens (tertiary/aromatic N) is 5. The normalized spacial score (nSPS) is 20.5. The van der Waals surface area contributed by atoms with Crippen molar-refractivity contribution in [3.8, 4) is 16.3 Å². The van der Waals surface area contributed by atoms with Crippen LogP contribution in [0.4, 0.5) is 15.0 Å². The molecule has 12 heteroatoms. The van der Waals surface area contributed by atoms with Crippen LogP contribution >= 0.6 is 11.3 Å². The van der Waals surface area contributed by atoms with Crippen molar-refractivity contribution in [1.29, 1.82) is 0 Å². The minimum atomic E-state index is -1.33. The molecular formula is C38H48FN5O5S. The van der Waals surface area contributed by atoms with E-state index in [-0.39, 0.29) is 25.4 Å². The van der Waals surface area contributed by atoms with Gasteiger partial charge in [0.2, 0.25) is 0 Å². The SMILES string of the molecule is COc1cc(C(=O)N2C[C@H](F)C[C@@H](N(C(=O)O)C(C)(C)C)C2)cc2sc(-c3cc4ccc(N5CCC(OC)CC5)nc4n3CC3CC3)c(C)c12. The maximum absolute atomic E-state index is 15.1. The fourth-order valence-corrected chi connectivity index (χ4v) is 9.24. The van der Waals surface area contributed by atoms with E-state index in [1.54, 1.807) is 52.4 Å². The Balaban J connectivity index is 1.24. The zero-order chi connectivity index (χ0) is 35.5. The number of carbonyl (C=O) groups excluding carboxylic acids is 1. The number of rotatable bonds is 8. The molecule has 1 aliphatic carbocycles. The molecule has 0 unspecified atom stereocenters. The molecule has 5 heterocycles. The number of pyridine rings is 1. The number of fused-ring (bicyclic) bond motifs is 2. The highest BCUT2D eigenvalue weighted by Crippen LogP contribution is 2.45. The molecule has 3 aliphatic rings. The molecule has 1 aromatic carbocycles. The second-order valence-electron chi connectivity index (χ2n) is 15.2. The van der Waals surface area contributed by atoms with E-state index in [0.717, 1.165) is 75.5 Å². The van der Waals surface area contributed by atoms with Gasteiger partial charge in [-0.3, -0.25) is 9.69 Å². The summed E-state index contributed by atoms with van der Waals surface area (Å²) >= 11 is 1.63. The summed E-state index contributed by atoms with van der Waals surface area (Å²) in [6.07, 6.45) is 2.31. The van der Waals surface area contributed by atoms with Gasteiger partial charge in [-0.25, -0.2) is 14.2 Å². The summed E-state index contributed by atoms with van der Waals surface area (Å²) in [4.78, 5) is 37.7. The van der Waals surface area contributed by atoms with Gasteiger partial charge < -0.3 is 28.9 Å². The van der Waals surface area contributed by atoms with Crippen LogP contribution < -0.4 is 9.64 Å². The molecule has 3 aromatic heterocycles. The van der Waals surface area contributed by atoms with E-state index < -0.39 is 23.8 Å². The molecule has 7 rings (SSSR count).